The molecule has 2 heteroatoms. The summed E-state index contributed by atoms with van der Waals surface area (Å²) < 4.78 is 0. The van der Waals surface area contributed by atoms with E-state index in [1.807, 2.05) is 0 Å². The first kappa shape index (κ1) is 11.6. The van der Waals surface area contributed by atoms with E-state index < -0.39 is 0 Å². The molecular formula is C14H22N2. The summed E-state index contributed by atoms with van der Waals surface area (Å²) in [5, 5.41) is 3.48. The van der Waals surface area contributed by atoms with E-state index in [2.05, 4.69) is 48.3 Å². The minimum absolute atomic E-state index is 0.627. The van der Waals surface area contributed by atoms with E-state index >= 15 is 0 Å². The van der Waals surface area contributed by atoms with E-state index in [-0.39, 0.29) is 0 Å². The summed E-state index contributed by atoms with van der Waals surface area (Å²) in [5.74, 6) is 0. The first-order valence-corrected chi connectivity index (χ1v) is 6.32. The zero-order chi connectivity index (χ0) is 11.4. The van der Waals surface area contributed by atoms with E-state index in [4.69, 9.17) is 0 Å². The average molecular weight is 218 g/mol. The van der Waals surface area contributed by atoms with Gasteiger partial charge in [-0.05, 0) is 24.5 Å². The largest absolute Gasteiger partial charge is 0.312 e. The number of aryl methyl sites for hydroxylation is 1. The van der Waals surface area contributed by atoms with Crippen molar-refractivity contribution >= 4 is 0 Å². The highest BCUT2D eigenvalue weighted by atomic mass is 15.2. The molecule has 1 aliphatic rings. The van der Waals surface area contributed by atoms with Crippen molar-refractivity contribution in [3.05, 3.63) is 35.4 Å². The summed E-state index contributed by atoms with van der Waals surface area (Å²) in [5.41, 5.74) is 2.99. The number of piperazine rings is 1. The monoisotopic (exact) mass is 218 g/mol. The molecule has 0 spiro atoms. The molecule has 1 unspecified atom stereocenters. The van der Waals surface area contributed by atoms with Crippen molar-refractivity contribution in [3.8, 4) is 0 Å². The van der Waals surface area contributed by atoms with Gasteiger partial charge in [-0.2, -0.15) is 0 Å². The third-order valence-corrected chi connectivity index (χ3v) is 3.35. The zero-order valence-electron chi connectivity index (χ0n) is 10.4. The number of nitrogens with zero attached hydrogens (tertiary/aromatic N) is 1. The van der Waals surface area contributed by atoms with E-state index in [9.17, 15) is 0 Å². The van der Waals surface area contributed by atoms with Crippen LogP contribution < -0.4 is 5.32 Å². The highest BCUT2D eigenvalue weighted by molar-refractivity contribution is 5.26. The molecule has 88 valence electrons. The Labute approximate surface area is 98.7 Å². The molecule has 2 nitrogen and oxygen atoms in total. The lowest BCUT2D eigenvalue weighted by Crippen LogP contribution is -2.48. The van der Waals surface area contributed by atoms with Gasteiger partial charge in [0.2, 0.25) is 0 Å². The zero-order valence-corrected chi connectivity index (χ0v) is 10.4. The van der Waals surface area contributed by atoms with Crippen molar-refractivity contribution in [2.75, 3.05) is 19.6 Å². The van der Waals surface area contributed by atoms with E-state index in [0.29, 0.717) is 6.04 Å². The van der Waals surface area contributed by atoms with Gasteiger partial charge in [0.15, 0.2) is 0 Å². The third-order valence-electron chi connectivity index (χ3n) is 3.35. The van der Waals surface area contributed by atoms with Crippen molar-refractivity contribution in [3.63, 3.8) is 0 Å². The standard InChI is InChI=1S/C14H22N2/c1-3-13-6-4-5-7-14(13)11-16-9-8-15-12(2)10-16/h4-7,12,15H,3,8-11H2,1-2H3. The lowest BCUT2D eigenvalue weighted by Gasteiger charge is -2.32. The van der Waals surface area contributed by atoms with Crippen LogP contribution in [0.5, 0.6) is 0 Å². The Morgan fingerprint density at radius 2 is 2.06 bits per heavy atom. The molecule has 1 saturated heterocycles. The minimum Gasteiger partial charge on any atom is -0.312 e. The fourth-order valence-electron chi connectivity index (χ4n) is 2.45. The average Bonchev–Trinajstić information content (AvgIpc) is 2.30. The molecule has 0 aliphatic carbocycles. The van der Waals surface area contributed by atoms with Crippen LogP contribution in [-0.4, -0.2) is 30.6 Å². The van der Waals surface area contributed by atoms with Crippen LogP contribution >= 0.6 is 0 Å². The predicted molar refractivity (Wildman–Crippen MR) is 68.6 cm³/mol. The fraction of sp³-hybridized carbons (Fsp3) is 0.571. The van der Waals surface area contributed by atoms with Crippen LogP contribution in [0.4, 0.5) is 0 Å². The van der Waals surface area contributed by atoms with Crippen LogP contribution in [0.3, 0.4) is 0 Å². The van der Waals surface area contributed by atoms with Crippen LogP contribution in [0.2, 0.25) is 0 Å². The molecule has 0 radical (unpaired) electrons. The van der Waals surface area contributed by atoms with Crippen LogP contribution in [0, 0.1) is 0 Å². The van der Waals surface area contributed by atoms with Gasteiger partial charge >= 0.3 is 0 Å². The normalized spacial score (nSPS) is 22.2. The minimum atomic E-state index is 0.627. The Balaban J connectivity index is 2.02. The summed E-state index contributed by atoms with van der Waals surface area (Å²) in [6, 6.07) is 9.44. The van der Waals surface area contributed by atoms with E-state index in [0.717, 1.165) is 26.1 Å². The quantitative estimate of drug-likeness (QED) is 0.835. The molecule has 1 N–H and O–H groups in total. The number of hydrogen-bond donors (Lipinski definition) is 1. The van der Waals surface area contributed by atoms with Crippen molar-refractivity contribution in [1.29, 1.82) is 0 Å². The summed E-state index contributed by atoms with van der Waals surface area (Å²) in [4.78, 5) is 2.55. The molecule has 1 aromatic rings. The maximum Gasteiger partial charge on any atom is 0.0237 e. The van der Waals surface area contributed by atoms with Gasteiger partial charge < -0.3 is 5.32 Å². The maximum atomic E-state index is 3.48. The highest BCUT2D eigenvalue weighted by Gasteiger charge is 2.16. The second-order valence-electron chi connectivity index (χ2n) is 4.71. The van der Waals surface area contributed by atoms with Crippen LogP contribution in [0.1, 0.15) is 25.0 Å². The highest BCUT2D eigenvalue weighted by Crippen LogP contribution is 2.13. The van der Waals surface area contributed by atoms with Gasteiger partial charge in [0.05, 0.1) is 0 Å². The first-order valence-electron chi connectivity index (χ1n) is 6.32. The Hall–Kier alpha value is -0.860. The molecule has 0 aromatic heterocycles. The van der Waals surface area contributed by atoms with Crippen LogP contribution in [0.25, 0.3) is 0 Å². The summed E-state index contributed by atoms with van der Waals surface area (Å²) >= 11 is 0. The molecule has 0 amide bonds. The Kier molecular flexibility index (Phi) is 3.97. The molecule has 1 aromatic carbocycles. The van der Waals surface area contributed by atoms with Gasteiger partial charge in [0.1, 0.15) is 0 Å². The van der Waals surface area contributed by atoms with Gasteiger partial charge in [0.25, 0.3) is 0 Å². The Bertz CT molecular complexity index is 335. The predicted octanol–water partition coefficient (Wildman–Crippen LogP) is 2.04. The third kappa shape index (κ3) is 2.83. The molecule has 16 heavy (non-hydrogen) atoms. The van der Waals surface area contributed by atoms with Gasteiger partial charge in [-0.25, -0.2) is 0 Å². The van der Waals surface area contributed by atoms with Crippen molar-refractivity contribution < 1.29 is 0 Å². The van der Waals surface area contributed by atoms with E-state index in [1.54, 1.807) is 0 Å². The van der Waals surface area contributed by atoms with Gasteiger partial charge in [-0.3, -0.25) is 4.90 Å². The molecule has 0 saturated carbocycles. The molecule has 1 aliphatic heterocycles. The number of nitrogens with one attached hydrogen (secondary N) is 1. The van der Waals surface area contributed by atoms with Crippen LogP contribution in [-0.2, 0) is 13.0 Å². The topological polar surface area (TPSA) is 15.3 Å². The van der Waals surface area contributed by atoms with Gasteiger partial charge in [-0.15, -0.1) is 0 Å². The summed E-state index contributed by atoms with van der Waals surface area (Å²) in [6.45, 7) is 9.06. The lowest BCUT2D eigenvalue weighted by molar-refractivity contribution is 0.199. The number of benzene rings is 1. The van der Waals surface area contributed by atoms with Gasteiger partial charge in [-0.1, -0.05) is 31.2 Å². The summed E-state index contributed by atoms with van der Waals surface area (Å²) in [7, 11) is 0. The molecule has 1 atom stereocenters. The SMILES string of the molecule is CCc1ccccc1CN1CCNC(C)C1. The second-order valence-corrected chi connectivity index (χ2v) is 4.71. The first-order chi connectivity index (χ1) is 7.79. The Morgan fingerprint density at radius 1 is 1.31 bits per heavy atom. The smallest absolute Gasteiger partial charge is 0.0237 e. The molecular weight excluding hydrogens is 196 g/mol. The van der Waals surface area contributed by atoms with Crippen molar-refractivity contribution in [2.24, 2.45) is 0 Å². The van der Waals surface area contributed by atoms with Crippen LogP contribution in [0.15, 0.2) is 24.3 Å². The molecule has 0 bridgehead atoms. The number of hydrogen-bond acceptors (Lipinski definition) is 2. The van der Waals surface area contributed by atoms with Crippen molar-refractivity contribution in [1.82, 2.24) is 10.2 Å². The van der Waals surface area contributed by atoms with Gasteiger partial charge in [0, 0.05) is 32.2 Å². The molecule has 1 fully saturated rings. The van der Waals surface area contributed by atoms with Crippen molar-refractivity contribution in [2.45, 2.75) is 32.9 Å². The Morgan fingerprint density at radius 3 is 2.75 bits per heavy atom. The van der Waals surface area contributed by atoms with E-state index in [1.165, 1.54) is 17.7 Å². The lowest BCUT2D eigenvalue weighted by atomic mass is 10.0. The number of rotatable bonds is 3. The molecule has 2 rings (SSSR count). The molecule has 1 heterocycles. The maximum absolute atomic E-state index is 3.48. The fourth-order valence-corrected chi connectivity index (χ4v) is 2.45. The second kappa shape index (κ2) is 5.46. The summed E-state index contributed by atoms with van der Waals surface area (Å²) in [6.07, 6.45) is 1.14.